The van der Waals surface area contributed by atoms with Gasteiger partial charge in [-0.2, -0.15) is 0 Å². The number of anilines is 1. The molecule has 1 amide bonds. The van der Waals surface area contributed by atoms with Crippen LogP contribution in [-0.4, -0.2) is 17.9 Å². The van der Waals surface area contributed by atoms with E-state index in [0.717, 1.165) is 23.7 Å². The lowest BCUT2D eigenvalue weighted by molar-refractivity contribution is 0.103. The first-order valence-corrected chi connectivity index (χ1v) is 6.76. The van der Waals surface area contributed by atoms with Crippen molar-refractivity contribution in [2.24, 2.45) is 0 Å². The van der Waals surface area contributed by atoms with Gasteiger partial charge in [-0.1, -0.05) is 18.2 Å². The lowest BCUT2D eigenvalue weighted by atomic mass is 10.1. The van der Waals surface area contributed by atoms with Gasteiger partial charge in [0, 0.05) is 18.8 Å². The van der Waals surface area contributed by atoms with Gasteiger partial charge in [-0.05, 0) is 35.7 Å². The van der Waals surface area contributed by atoms with E-state index < -0.39 is 0 Å². The summed E-state index contributed by atoms with van der Waals surface area (Å²) in [6.45, 7) is 1.86. The van der Waals surface area contributed by atoms with Crippen molar-refractivity contribution in [1.82, 2.24) is 4.90 Å². The molecule has 0 aliphatic carbocycles. The van der Waals surface area contributed by atoms with Gasteiger partial charge in [0.2, 0.25) is 0 Å². The molecule has 0 atom stereocenters. The third-order valence-corrected chi connectivity index (χ3v) is 4.00. The number of thiophene rings is 1. The van der Waals surface area contributed by atoms with E-state index in [4.69, 9.17) is 0 Å². The molecule has 4 heteroatoms. The van der Waals surface area contributed by atoms with Crippen molar-refractivity contribution in [1.29, 1.82) is 0 Å². The second-order valence-electron chi connectivity index (χ2n) is 4.55. The van der Waals surface area contributed by atoms with Crippen molar-refractivity contribution < 1.29 is 4.79 Å². The van der Waals surface area contributed by atoms with Crippen LogP contribution < -0.4 is 5.32 Å². The summed E-state index contributed by atoms with van der Waals surface area (Å²) >= 11 is 1.46. The second-order valence-corrected chi connectivity index (χ2v) is 5.49. The molecule has 1 aliphatic rings. The Morgan fingerprint density at radius 1 is 1.28 bits per heavy atom. The zero-order chi connectivity index (χ0) is 12.5. The number of rotatable bonds is 2. The summed E-state index contributed by atoms with van der Waals surface area (Å²) in [6.07, 6.45) is 0. The Morgan fingerprint density at radius 2 is 2.17 bits per heavy atom. The molecule has 1 N–H and O–H groups in total. The molecule has 2 heterocycles. The van der Waals surface area contributed by atoms with Crippen LogP contribution in [0.5, 0.6) is 0 Å². The number of fused-ring (bicyclic) bond motifs is 1. The molecule has 18 heavy (non-hydrogen) atoms. The van der Waals surface area contributed by atoms with E-state index in [9.17, 15) is 4.79 Å². The number of hydrogen-bond acceptors (Lipinski definition) is 3. The Bertz CT molecular complexity index is 577. The molecule has 0 fully saturated rings. The van der Waals surface area contributed by atoms with Crippen molar-refractivity contribution in [3.05, 3.63) is 51.7 Å². The van der Waals surface area contributed by atoms with Gasteiger partial charge >= 0.3 is 0 Å². The van der Waals surface area contributed by atoms with E-state index in [0.29, 0.717) is 0 Å². The van der Waals surface area contributed by atoms with Gasteiger partial charge in [0.1, 0.15) is 0 Å². The predicted octanol–water partition coefficient (Wildman–Crippen LogP) is 2.95. The number of amides is 1. The van der Waals surface area contributed by atoms with Gasteiger partial charge < -0.3 is 5.32 Å². The van der Waals surface area contributed by atoms with E-state index >= 15 is 0 Å². The van der Waals surface area contributed by atoms with Gasteiger partial charge in [0.25, 0.3) is 5.91 Å². The number of hydrogen-bond donors (Lipinski definition) is 1. The third-order valence-electron chi connectivity index (χ3n) is 3.13. The molecule has 1 aliphatic heterocycles. The maximum Gasteiger partial charge on any atom is 0.265 e. The SMILES string of the molecule is CN1Cc2cccc(NC(=O)c3cccs3)c2C1. The maximum atomic E-state index is 12.0. The fourth-order valence-electron chi connectivity index (χ4n) is 2.29. The van der Waals surface area contributed by atoms with Gasteiger partial charge in [-0.15, -0.1) is 11.3 Å². The zero-order valence-corrected chi connectivity index (χ0v) is 11.0. The first kappa shape index (κ1) is 11.4. The molecule has 92 valence electrons. The van der Waals surface area contributed by atoms with Crippen molar-refractivity contribution >= 4 is 22.9 Å². The van der Waals surface area contributed by atoms with E-state index in [-0.39, 0.29) is 5.91 Å². The van der Waals surface area contributed by atoms with Crippen LogP contribution in [0.15, 0.2) is 35.7 Å². The Hall–Kier alpha value is -1.65. The standard InChI is InChI=1S/C14H14N2OS/c1-16-8-10-4-2-5-12(11(10)9-16)15-14(17)13-6-3-7-18-13/h2-7H,8-9H2,1H3,(H,15,17). The number of nitrogens with zero attached hydrogens (tertiary/aromatic N) is 1. The second kappa shape index (κ2) is 4.55. The molecule has 3 rings (SSSR count). The lowest BCUT2D eigenvalue weighted by Crippen LogP contribution is -2.12. The summed E-state index contributed by atoms with van der Waals surface area (Å²) in [6, 6.07) is 9.84. The van der Waals surface area contributed by atoms with E-state index in [1.807, 2.05) is 29.6 Å². The minimum atomic E-state index is -0.0204. The number of carbonyl (C=O) groups excluding carboxylic acids is 1. The number of nitrogens with one attached hydrogen (secondary N) is 1. The van der Waals surface area contributed by atoms with Gasteiger partial charge in [-0.3, -0.25) is 9.69 Å². The minimum Gasteiger partial charge on any atom is -0.321 e. The predicted molar refractivity (Wildman–Crippen MR) is 73.9 cm³/mol. The molecule has 3 nitrogen and oxygen atoms in total. The van der Waals surface area contributed by atoms with Gasteiger partial charge in [-0.25, -0.2) is 0 Å². The summed E-state index contributed by atoms with van der Waals surface area (Å²) in [5.41, 5.74) is 3.49. The van der Waals surface area contributed by atoms with Crippen LogP contribution in [0.4, 0.5) is 5.69 Å². The highest BCUT2D eigenvalue weighted by Crippen LogP contribution is 2.28. The Labute approximate surface area is 110 Å². The molecule has 0 bridgehead atoms. The summed E-state index contributed by atoms with van der Waals surface area (Å²) < 4.78 is 0. The summed E-state index contributed by atoms with van der Waals surface area (Å²) in [7, 11) is 2.09. The molecule has 1 aromatic heterocycles. The van der Waals surface area contributed by atoms with E-state index in [1.54, 1.807) is 0 Å². The topological polar surface area (TPSA) is 32.3 Å². The molecule has 0 saturated carbocycles. The van der Waals surface area contributed by atoms with Crippen LogP contribution in [-0.2, 0) is 13.1 Å². The van der Waals surface area contributed by atoms with Gasteiger partial charge in [0.05, 0.1) is 4.88 Å². The van der Waals surface area contributed by atoms with Crippen molar-refractivity contribution in [2.45, 2.75) is 13.1 Å². The summed E-state index contributed by atoms with van der Waals surface area (Å²) in [4.78, 5) is 15.0. The quantitative estimate of drug-likeness (QED) is 0.898. The molecule has 0 radical (unpaired) electrons. The molecular formula is C14H14N2OS. The van der Waals surface area contributed by atoms with Crippen LogP contribution >= 0.6 is 11.3 Å². The Balaban J connectivity index is 1.86. The molecular weight excluding hydrogens is 244 g/mol. The highest BCUT2D eigenvalue weighted by Gasteiger charge is 2.19. The van der Waals surface area contributed by atoms with Crippen LogP contribution in [0.1, 0.15) is 20.8 Å². The fourth-order valence-corrected chi connectivity index (χ4v) is 2.91. The molecule has 0 saturated heterocycles. The van der Waals surface area contributed by atoms with E-state index in [2.05, 4.69) is 23.3 Å². The molecule has 0 unspecified atom stereocenters. The van der Waals surface area contributed by atoms with E-state index in [1.165, 1.54) is 22.5 Å². The largest absolute Gasteiger partial charge is 0.321 e. The molecule has 0 spiro atoms. The minimum absolute atomic E-state index is 0.0204. The van der Waals surface area contributed by atoms with Crippen LogP contribution in [0.2, 0.25) is 0 Å². The number of carbonyl (C=O) groups is 1. The normalized spacial score (nSPS) is 14.5. The smallest absolute Gasteiger partial charge is 0.265 e. The third kappa shape index (κ3) is 2.05. The molecule has 1 aromatic carbocycles. The maximum absolute atomic E-state index is 12.0. The monoisotopic (exact) mass is 258 g/mol. The zero-order valence-electron chi connectivity index (χ0n) is 10.1. The van der Waals surface area contributed by atoms with Crippen molar-refractivity contribution in [3.63, 3.8) is 0 Å². The average molecular weight is 258 g/mol. The molecule has 2 aromatic rings. The van der Waals surface area contributed by atoms with Crippen molar-refractivity contribution in [2.75, 3.05) is 12.4 Å². The highest BCUT2D eigenvalue weighted by atomic mass is 32.1. The van der Waals surface area contributed by atoms with Crippen molar-refractivity contribution in [3.8, 4) is 0 Å². The number of benzene rings is 1. The summed E-state index contributed by atoms with van der Waals surface area (Å²) in [5, 5.41) is 4.92. The Kier molecular flexibility index (Phi) is 2.89. The first-order chi connectivity index (χ1) is 8.74. The van der Waals surface area contributed by atoms with Crippen LogP contribution in [0.25, 0.3) is 0 Å². The fraction of sp³-hybridized carbons (Fsp3) is 0.214. The first-order valence-electron chi connectivity index (χ1n) is 5.88. The van der Waals surface area contributed by atoms with Gasteiger partial charge in [0.15, 0.2) is 0 Å². The van der Waals surface area contributed by atoms with Crippen LogP contribution in [0.3, 0.4) is 0 Å². The average Bonchev–Trinajstić information content (AvgIpc) is 2.96. The summed E-state index contributed by atoms with van der Waals surface area (Å²) in [5.74, 6) is -0.0204. The Morgan fingerprint density at radius 3 is 2.94 bits per heavy atom. The van der Waals surface area contributed by atoms with Crippen LogP contribution in [0, 0.1) is 0 Å². The lowest BCUT2D eigenvalue weighted by Gasteiger charge is -2.09. The highest BCUT2D eigenvalue weighted by molar-refractivity contribution is 7.12.